The Hall–Kier alpha value is -0.830. The Morgan fingerprint density at radius 3 is 2.43 bits per heavy atom. The highest BCUT2D eigenvalue weighted by Crippen LogP contribution is 1.62. The summed E-state index contributed by atoms with van der Waals surface area (Å²) in [6.07, 6.45) is 2.74. The molecular weight excluding hydrogens is 92.1 g/mol. The fourth-order valence-electron chi connectivity index (χ4n) is 0.184. The summed E-state index contributed by atoms with van der Waals surface area (Å²) in [6, 6.07) is 0. The van der Waals surface area contributed by atoms with Crippen molar-refractivity contribution in [2.24, 2.45) is 11.5 Å². The van der Waals surface area contributed by atoms with Crippen molar-refractivity contribution in [1.82, 2.24) is 0 Å². The number of nitrogens with two attached hydrogens (primary N) is 2. The number of hydrogen-bond acceptors (Lipinski definition) is 2. The Morgan fingerprint density at radius 1 is 1.71 bits per heavy atom. The highest BCUT2D eigenvalue weighted by molar-refractivity contribution is 5.85. The summed E-state index contributed by atoms with van der Waals surface area (Å²) in [5.74, 6) is -0.453. The molecule has 0 heterocycles. The number of rotatable bonds is 2. The lowest BCUT2D eigenvalue weighted by Gasteiger charge is -1.75. The van der Waals surface area contributed by atoms with Gasteiger partial charge in [0.2, 0.25) is 5.91 Å². The van der Waals surface area contributed by atoms with Crippen LogP contribution in [0.5, 0.6) is 0 Å². The standard InChI is InChI=1S/C4H8N2O/c5-3-1-2-4(6)7/h1-2H,3,5H2,(H2,6,7). The molecule has 1 amide bonds. The molecule has 0 aromatic heterocycles. The van der Waals surface area contributed by atoms with E-state index in [9.17, 15) is 4.79 Å². The van der Waals surface area contributed by atoms with E-state index in [0.29, 0.717) is 6.54 Å². The minimum Gasteiger partial charge on any atom is -0.366 e. The van der Waals surface area contributed by atoms with Crippen LogP contribution in [-0.4, -0.2) is 12.5 Å². The normalized spacial score (nSPS) is 9.86. The van der Waals surface area contributed by atoms with Crippen molar-refractivity contribution in [3.63, 3.8) is 0 Å². The largest absolute Gasteiger partial charge is 0.366 e. The number of amides is 1. The first kappa shape index (κ1) is 6.17. The van der Waals surface area contributed by atoms with Crippen molar-refractivity contribution in [3.8, 4) is 0 Å². The van der Waals surface area contributed by atoms with Crippen LogP contribution >= 0.6 is 0 Å². The van der Waals surface area contributed by atoms with Crippen LogP contribution < -0.4 is 11.5 Å². The van der Waals surface area contributed by atoms with Crippen LogP contribution in [0.15, 0.2) is 12.2 Å². The molecule has 7 heavy (non-hydrogen) atoms. The molecule has 0 aliphatic rings. The van der Waals surface area contributed by atoms with E-state index in [4.69, 9.17) is 11.5 Å². The highest BCUT2D eigenvalue weighted by atomic mass is 16.1. The zero-order chi connectivity index (χ0) is 5.70. The number of carbonyl (C=O) groups is 1. The van der Waals surface area contributed by atoms with Crippen LogP contribution in [0.1, 0.15) is 0 Å². The van der Waals surface area contributed by atoms with Gasteiger partial charge in [-0.05, 0) is 6.08 Å². The van der Waals surface area contributed by atoms with Crippen molar-refractivity contribution in [2.75, 3.05) is 6.54 Å². The second kappa shape index (κ2) is 3.36. The Bertz CT molecular complexity index is 87.7. The zero-order valence-corrected chi connectivity index (χ0v) is 3.92. The molecule has 0 aliphatic heterocycles. The first-order valence-electron chi connectivity index (χ1n) is 1.93. The molecule has 0 bridgehead atoms. The predicted octanol–water partition coefficient (Wildman–Crippen LogP) is -1.01. The summed E-state index contributed by atoms with van der Waals surface area (Å²) in [4.78, 5) is 9.84. The van der Waals surface area contributed by atoms with Crippen molar-refractivity contribution in [3.05, 3.63) is 12.2 Å². The summed E-state index contributed by atoms with van der Waals surface area (Å²) >= 11 is 0. The fraction of sp³-hybridized carbons (Fsp3) is 0.250. The van der Waals surface area contributed by atoms with Gasteiger partial charge in [-0.3, -0.25) is 4.79 Å². The second-order valence-corrected chi connectivity index (χ2v) is 1.04. The Labute approximate surface area is 42.0 Å². The van der Waals surface area contributed by atoms with Gasteiger partial charge in [0.05, 0.1) is 0 Å². The smallest absolute Gasteiger partial charge is 0.241 e. The van der Waals surface area contributed by atoms with Gasteiger partial charge < -0.3 is 11.5 Å². The lowest BCUT2D eigenvalue weighted by molar-refractivity contribution is -0.113. The van der Waals surface area contributed by atoms with Crippen LogP contribution in [0.4, 0.5) is 0 Å². The monoisotopic (exact) mass is 100 g/mol. The lowest BCUT2D eigenvalue weighted by Crippen LogP contribution is -2.06. The first-order valence-corrected chi connectivity index (χ1v) is 1.93. The van der Waals surface area contributed by atoms with E-state index < -0.39 is 5.91 Å². The SMILES string of the molecule is NCC=CC(N)=O. The Balaban J connectivity index is 3.26. The molecule has 0 saturated heterocycles. The van der Waals surface area contributed by atoms with E-state index in [0.717, 1.165) is 0 Å². The lowest BCUT2D eigenvalue weighted by atomic mass is 10.5. The Morgan fingerprint density at radius 2 is 2.29 bits per heavy atom. The van der Waals surface area contributed by atoms with Crippen molar-refractivity contribution in [1.29, 1.82) is 0 Å². The minimum absolute atomic E-state index is 0.364. The molecule has 3 nitrogen and oxygen atoms in total. The van der Waals surface area contributed by atoms with Crippen molar-refractivity contribution in [2.45, 2.75) is 0 Å². The van der Waals surface area contributed by atoms with Gasteiger partial charge in [0.25, 0.3) is 0 Å². The first-order chi connectivity index (χ1) is 3.27. The third-order valence-electron chi connectivity index (χ3n) is 0.418. The predicted molar refractivity (Wildman–Crippen MR) is 27.4 cm³/mol. The van der Waals surface area contributed by atoms with Crippen molar-refractivity contribution < 1.29 is 4.79 Å². The number of carbonyl (C=O) groups excluding carboxylic acids is 1. The van der Waals surface area contributed by atoms with Gasteiger partial charge in [-0.2, -0.15) is 0 Å². The molecule has 0 aromatic carbocycles. The van der Waals surface area contributed by atoms with Gasteiger partial charge in [0.15, 0.2) is 0 Å². The molecular formula is C4H8N2O. The Kier molecular flexibility index (Phi) is 2.96. The van der Waals surface area contributed by atoms with Gasteiger partial charge in [-0.1, -0.05) is 6.08 Å². The van der Waals surface area contributed by atoms with Gasteiger partial charge in [0, 0.05) is 6.54 Å². The quantitative estimate of drug-likeness (QED) is 0.436. The maximum absolute atomic E-state index is 9.84. The van der Waals surface area contributed by atoms with Crippen LogP contribution in [0.25, 0.3) is 0 Å². The van der Waals surface area contributed by atoms with E-state index in [1.54, 1.807) is 0 Å². The summed E-state index contributed by atoms with van der Waals surface area (Å²) in [5.41, 5.74) is 9.68. The highest BCUT2D eigenvalue weighted by Gasteiger charge is 1.75. The second-order valence-electron chi connectivity index (χ2n) is 1.04. The van der Waals surface area contributed by atoms with Gasteiger partial charge in [0.1, 0.15) is 0 Å². The molecule has 40 valence electrons. The maximum atomic E-state index is 9.84. The topological polar surface area (TPSA) is 69.1 Å². The van der Waals surface area contributed by atoms with Gasteiger partial charge in [-0.15, -0.1) is 0 Å². The van der Waals surface area contributed by atoms with Crippen LogP contribution in [0, 0.1) is 0 Å². The summed E-state index contributed by atoms with van der Waals surface area (Å²) in [7, 11) is 0. The maximum Gasteiger partial charge on any atom is 0.241 e. The molecule has 0 spiro atoms. The van der Waals surface area contributed by atoms with E-state index in [2.05, 4.69) is 0 Å². The molecule has 0 aliphatic carbocycles. The van der Waals surface area contributed by atoms with E-state index >= 15 is 0 Å². The molecule has 0 aromatic rings. The van der Waals surface area contributed by atoms with E-state index in [1.807, 2.05) is 0 Å². The third kappa shape index (κ3) is 5.17. The van der Waals surface area contributed by atoms with Crippen LogP contribution in [0.3, 0.4) is 0 Å². The van der Waals surface area contributed by atoms with Crippen LogP contribution in [0.2, 0.25) is 0 Å². The van der Waals surface area contributed by atoms with Gasteiger partial charge in [-0.25, -0.2) is 0 Å². The average molecular weight is 100 g/mol. The number of primary amides is 1. The van der Waals surface area contributed by atoms with Gasteiger partial charge >= 0.3 is 0 Å². The minimum atomic E-state index is -0.453. The van der Waals surface area contributed by atoms with Crippen LogP contribution in [-0.2, 0) is 4.79 Å². The molecule has 0 rings (SSSR count). The zero-order valence-electron chi connectivity index (χ0n) is 3.92. The molecule has 3 heteroatoms. The molecule has 0 unspecified atom stereocenters. The number of hydrogen-bond donors (Lipinski definition) is 2. The average Bonchev–Trinajstić information content (AvgIpc) is 1.61. The molecule has 0 atom stereocenters. The summed E-state index contributed by atoms with van der Waals surface area (Å²) in [6.45, 7) is 0.364. The van der Waals surface area contributed by atoms with E-state index in [1.165, 1.54) is 12.2 Å². The molecule has 0 radical (unpaired) electrons. The molecule has 0 saturated carbocycles. The molecule has 0 fully saturated rings. The van der Waals surface area contributed by atoms with E-state index in [-0.39, 0.29) is 0 Å². The third-order valence-corrected chi connectivity index (χ3v) is 0.418. The summed E-state index contributed by atoms with van der Waals surface area (Å²) < 4.78 is 0. The fourth-order valence-corrected chi connectivity index (χ4v) is 0.184. The molecule has 4 N–H and O–H groups in total. The van der Waals surface area contributed by atoms with Crippen molar-refractivity contribution >= 4 is 5.91 Å². The summed E-state index contributed by atoms with van der Waals surface area (Å²) in [5, 5.41) is 0.